The number of amides is 1. The Balaban J connectivity index is 2.73. The van der Waals surface area contributed by atoms with Crippen LogP contribution in [-0.2, 0) is 4.74 Å². The number of carbonyl (C=O) groups excluding carboxylic acids is 1. The zero-order valence-corrected chi connectivity index (χ0v) is 12.2. The third kappa shape index (κ3) is 5.94. The molecule has 0 aliphatic heterocycles. The van der Waals surface area contributed by atoms with E-state index in [2.05, 4.69) is 5.32 Å². The van der Waals surface area contributed by atoms with Crippen molar-refractivity contribution in [2.24, 2.45) is 0 Å². The van der Waals surface area contributed by atoms with E-state index >= 15 is 0 Å². The fraction of sp³-hybridized carbons (Fsp3) is 0.500. The van der Waals surface area contributed by atoms with Gasteiger partial charge in [-0.05, 0) is 44.9 Å². The lowest BCUT2D eigenvalue weighted by molar-refractivity contribution is 0.0496. The van der Waals surface area contributed by atoms with Gasteiger partial charge in [0, 0.05) is 11.6 Å². The molecule has 0 saturated heterocycles. The number of hydrogen-bond acceptors (Lipinski definition) is 3. The molecule has 0 radical (unpaired) electrons. The van der Waals surface area contributed by atoms with Gasteiger partial charge in [-0.25, -0.2) is 4.79 Å². The molecule has 0 unspecified atom stereocenters. The lowest BCUT2D eigenvalue weighted by Crippen LogP contribution is -2.35. The molecule has 106 valence electrons. The van der Waals surface area contributed by atoms with E-state index in [-0.39, 0.29) is 12.6 Å². The van der Waals surface area contributed by atoms with Gasteiger partial charge in [0.2, 0.25) is 0 Å². The lowest BCUT2D eigenvalue weighted by Gasteiger charge is -2.23. The maximum absolute atomic E-state index is 11.7. The van der Waals surface area contributed by atoms with Gasteiger partial charge in [-0.1, -0.05) is 23.7 Å². The quantitative estimate of drug-likeness (QED) is 0.892. The smallest absolute Gasteiger partial charge is 0.408 e. The molecule has 0 fully saturated rings. The Kier molecular flexibility index (Phi) is 5.63. The van der Waals surface area contributed by atoms with Crippen LogP contribution in [0.2, 0.25) is 5.02 Å². The summed E-state index contributed by atoms with van der Waals surface area (Å²) in [6.07, 6.45) is -0.0816. The van der Waals surface area contributed by atoms with Gasteiger partial charge in [0.1, 0.15) is 5.60 Å². The summed E-state index contributed by atoms with van der Waals surface area (Å²) < 4.78 is 5.20. The molecule has 4 nitrogen and oxygen atoms in total. The molecule has 1 atom stereocenters. The van der Waals surface area contributed by atoms with E-state index in [0.29, 0.717) is 11.4 Å². The van der Waals surface area contributed by atoms with Crippen molar-refractivity contribution in [1.82, 2.24) is 5.32 Å². The first-order valence-electron chi connectivity index (χ1n) is 6.17. The monoisotopic (exact) mass is 285 g/mol. The average molecular weight is 286 g/mol. The SMILES string of the molecule is CC(C)(C)OC(=O)N[C@H](CCO)c1ccc(Cl)cc1. The van der Waals surface area contributed by atoms with Gasteiger partial charge < -0.3 is 15.2 Å². The Hall–Kier alpha value is -1.26. The van der Waals surface area contributed by atoms with E-state index in [1.165, 1.54) is 0 Å². The molecule has 1 aromatic rings. The molecule has 19 heavy (non-hydrogen) atoms. The summed E-state index contributed by atoms with van der Waals surface area (Å²) in [6.45, 7) is 5.38. The van der Waals surface area contributed by atoms with Crippen molar-refractivity contribution in [2.45, 2.75) is 38.8 Å². The Morgan fingerprint density at radius 2 is 1.95 bits per heavy atom. The van der Waals surface area contributed by atoms with Crippen LogP contribution in [0.4, 0.5) is 4.79 Å². The van der Waals surface area contributed by atoms with Gasteiger partial charge in [-0.15, -0.1) is 0 Å². The molecule has 0 spiro atoms. The molecular formula is C14H20ClNO3. The Labute approximate surface area is 118 Å². The number of aliphatic hydroxyl groups excluding tert-OH is 1. The van der Waals surface area contributed by atoms with Crippen LogP contribution < -0.4 is 5.32 Å². The standard InChI is InChI=1S/C14H20ClNO3/c1-14(2,3)19-13(18)16-12(8-9-17)10-4-6-11(15)7-5-10/h4-7,12,17H,8-9H2,1-3H3,(H,16,18)/t12-/m1/s1. The fourth-order valence-corrected chi connectivity index (χ4v) is 1.72. The predicted molar refractivity (Wildman–Crippen MR) is 75.3 cm³/mol. The van der Waals surface area contributed by atoms with Gasteiger partial charge in [0.15, 0.2) is 0 Å². The molecule has 0 heterocycles. The van der Waals surface area contributed by atoms with Crippen molar-refractivity contribution in [1.29, 1.82) is 0 Å². The zero-order valence-electron chi connectivity index (χ0n) is 11.4. The highest BCUT2D eigenvalue weighted by Crippen LogP contribution is 2.20. The summed E-state index contributed by atoms with van der Waals surface area (Å²) in [6, 6.07) is 6.84. The molecule has 0 bridgehead atoms. The second-order valence-electron chi connectivity index (χ2n) is 5.26. The van der Waals surface area contributed by atoms with Crippen LogP contribution in [0.15, 0.2) is 24.3 Å². The second-order valence-corrected chi connectivity index (χ2v) is 5.70. The van der Waals surface area contributed by atoms with Crippen LogP contribution in [0.3, 0.4) is 0 Å². The number of halogens is 1. The van der Waals surface area contributed by atoms with Gasteiger partial charge in [-0.3, -0.25) is 0 Å². The van der Waals surface area contributed by atoms with E-state index in [1.54, 1.807) is 32.9 Å². The number of carbonyl (C=O) groups is 1. The normalized spacial score (nSPS) is 12.9. The third-order valence-corrected chi connectivity index (χ3v) is 2.63. The molecule has 0 saturated carbocycles. The van der Waals surface area contributed by atoms with Crippen LogP contribution in [0.25, 0.3) is 0 Å². The molecule has 2 N–H and O–H groups in total. The molecule has 0 aliphatic carbocycles. The summed E-state index contributed by atoms with van der Waals surface area (Å²) in [4.78, 5) is 11.7. The summed E-state index contributed by atoms with van der Waals surface area (Å²) in [7, 11) is 0. The second kappa shape index (κ2) is 6.78. The minimum absolute atomic E-state index is 0.0247. The summed E-state index contributed by atoms with van der Waals surface area (Å²) >= 11 is 5.82. The molecule has 1 aromatic carbocycles. The zero-order chi connectivity index (χ0) is 14.5. The summed E-state index contributed by atoms with van der Waals surface area (Å²) in [5, 5.41) is 12.5. The molecule has 0 aliphatic rings. The summed E-state index contributed by atoms with van der Waals surface area (Å²) in [5.41, 5.74) is 0.331. The number of rotatable bonds is 4. The van der Waals surface area contributed by atoms with Crippen molar-refractivity contribution in [3.05, 3.63) is 34.9 Å². The van der Waals surface area contributed by atoms with Crippen molar-refractivity contribution in [3.8, 4) is 0 Å². The molecule has 1 amide bonds. The number of nitrogens with one attached hydrogen (secondary N) is 1. The Bertz CT molecular complexity index is 412. The van der Waals surface area contributed by atoms with Gasteiger partial charge >= 0.3 is 6.09 Å². The van der Waals surface area contributed by atoms with E-state index in [1.807, 2.05) is 12.1 Å². The molecule has 5 heteroatoms. The molecular weight excluding hydrogens is 266 g/mol. The lowest BCUT2D eigenvalue weighted by atomic mass is 10.0. The van der Waals surface area contributed by atoms with E-state index in [4.69, 9.17) is 21.4 Å². The highest BCUT2D eigenvalue weighted by molar-refractivity contribution is 6.30. The van der Waals surface area contributed by atoms with Gasteiger partial charge in [0.05, 0.1) is 6.04 Å². The first-order valence-corrected chi connectivity index (χ1v) is 6.55. The van der Waals surface area contributed by atoms with Crippen LogP contribution in [0.5, 0.6) is 0 Å². The van der Waals surface area contributed by atoms with E-state index in [9.17, 15) is 4.79 Å². The number of aliphatic hydroxyl groups is 1. The minimum atomic E-state index is -0.548. The van der Waals surface area contributed by atoms with Crippen molar-refractivity contribution < 1.29 is 14.6 Å². The predicted octanol–water partition coefficient (Wildman–Crippen LogP) is 3.29. The maximum atomic E-state index is 11.7. The van der Waals surface area contributed by atoms with Crippen LogP contribution in [-0.4, -0.2) is 23.4 Å². The molecule has 0 aromatic heterocycles. The Morgan fingerprint density at radius 3 is 2.42 bits per heavy atom. The third-order valence-electron chi connectivity index (χ3n) is 2.38. The topological polar surface area (TPSA) is 58.6 Å². The van der Waals surface area contributed by atoms with Gasteiger partial charge in [-0.2, -0.15) is 0 Å². The largest absolute Gasteiger partial charge is 0.444 e. The number of ether oxygens (including phenoxy) is 1. The van der Waals surface area contributed by atoms with E-state index < -0.39 is 11.7 Å². The number of alkyl carbamates (subject to hydrolysis) is 1. The first kappa shape index (κ1) is 15.8. The van der Waals surface area contributed by atoms with Crippen molar-refractivity contribution in [3.63, 3.8) is 0 Å². The van der Waals surface area contributed by atoms with Crippen molar-refractivity contribution >= 4 is 17.7 Å². The summed E-state index contributed by atoms with van der Waals surface area (Å²) in [5.74, 6) is 0. The number of benzene rings is 1. The highest BCUT2D eigenvalue weighted by atomic mass is 35.5. The van der Waals surface area contributed by atoms with Crippen LogP contribution in [0, 0.1) is 0 Å². The average Bonchev–Trinajstić information content (AvgIpc) is 2.27. The van der Waals surface area contributed by atoms with Crippen LogP contribution >= 0.6 is 11.6 Å². The first-order chi connectivity index (χ1) is 8.81. The van der Waals surface area contributed by atoms with Gasteiger partial charge in [0.25, 0.3) is 0 Å². The maximum Gasteiger partial charge on any atom is 0.408 e. The highest BCUT2D eigenvalue weighted by Gasteiger charge is 2.20. The van der Waals surface area contributed by atoms with Crippen molar-refractivity contribution in [2.75, 3.05) is 6.61 Å². The minimum Gasteiger partial charge on any atom is -0.444 e. The van der Waals surface area contributed by atoms with E-state index in [0.717, 1.165) is 5.56 Å². The molecule has 1 rings (SSSR count). The fourth-order valence-electron chi connectivity index (χ4n) is 1.60. The Morgan fingerprint density at radius 1 is 1.37 bits per heavy atom. The van der Waals surface area contributed by atoms with Crippen LogP contribution in [0.1, 0.15) is 38.8 Å². The number of hydrogen-bond donors (Lipinski definition) is 2.